The van der Waals surface area contributed by atoms with Gasteiger partial charge < -0.3 is 9.72 Å². The number of thioether (sulfide) groups is 1. The number of H-pyrrole nitrogens is 1. The zero-order chi connectivity index (χ0) is 21.9. The van der Waals surface area contributed by atoms with Crippen molar-refractivity contribution in [3.8, 4) is 22.8 Å². The number of methoxy groups -OCH3 is 1. The van der Waals surface area contributed by atoms with E-state index in [1.807, 2.05) is 77.4 Å². The van der Waals surface area contributed by atoms with Crippen LogP contribution in [0.1, 0.15) is 5.82 Å². The van der Waals surface area contributed by atoms with Crippen LogP contribution in [0.2, 0.25) is 0 Å². The second kappa shape index (κ2) is 8.68. The Morgan fingerprint density at radius 3 is 2.53 bits per heavy atom. The summed E-state index contributed by atoms with van der Waals surface area (Å²) in [7, 11) is 1.64. The molecule has 5 rings (SSSR count). The topological polar surface area (TPSA) is 85.7 Å². The normalized spacial score (nSPS) is 11.0. The fourth-order valence-electron chi connectivity index (χ4n) is 3.51. The van der Waals surface area contributed by atoms with Crippen molar-refractivity contribution in [3.05, 3.63) is 95.0 Å². The van der Waals surface area contributed by atoms with Crippen molar-refractivity contribution < 1.29 is 4.74 Å². The zero-order valence-corrected chi connectivity index (χ0v) is 18.0. The summed E-state index contributed by atoms with van der Waals surface area (Å²) in [5.74, 6) is 2.43. The maximum Gasteiger partial charge on any atom is 0.258 e. The van der Waals surface area contributed by atoms with Gasteiger partial charge in [0.1, 0.15) is 11.6 Å². The standard InChI is InChI=1S/C24H19N5O2S/c1-31-20-14-8-7-13-19(20)29-22(16-9-3-2-4-10-16)27-28-24(29)32-15-21-25-18-12-6-5-11-17(18)23(30)26-21/h2-14H,15H2,1H3,(H,25,26,30). The van der Waals surface area contributed by atoms with Crippen molar-refractivity contribution in [3.63, 3.8) is 0 Å². The number of fused-ring (bicyclic) bond motifs is 1. The fraction of sp³-hybridized carbons (Fsp3) is 0.0833. The molecule has 2 aromatic heterocycles. The number of para-hydroxylation sites is 3. The highest BCUT2D eigenvalue weighted by molar-refractivity contribution is 7.98. The van der Waals surface area contributed by atoms with Crippen LogP contribution >= 0.6 is 11.8 Å². The summed E-state index contributed by atoms with van der Waals surface area (Å²) in [6, 6.07) is 24.9. The van der Waals surface area contributed by atoms with Gasteiger partial charge in [-0.1, -0.05) is 66.4 Å². The van der Waals surface area contributed by atoms with Crippen LogP contribution in [0.15, 0.2) is 88.8 Å². The number of rotatable bonds is 6. The van der Waals surface area contributed by atoms with Crippen LogP contribution in [0.25, 0.3) is 28.0 Å². The minimum absolute atomic E-state index is 0.151. The molecule has 0 bridgehead atoms. The molecule has 32 heavy (non-hydrogen) atoms. The van der Waals surface area contributed by atoms with Crippen molar-refractivity contribution in [2.45, 2.75) is 10.9 Å². The van der Waals surface area contributed by atoms with Gasteiger partial charge >= 0.3 is 0 Å². The predicted octanol–water partition coefficient (Wildman–Crippen LogP) is 4.47. The van der Waals surface area contributed by atoms with E-state index in [0.717, 1.165) is 11.3 Å². The molecule has 0 spiro atoms. The van der Waals surface area contributed by atoms with Crippen molar-refractivity contribution in [2.24, 2.45) is 0 Å². The van der Waals surface area contributed by atoms with E-state index in [9.17, 15) is 4.79 Å². The van der Waals surface area contributed by atoms with E-state index in [0.29, 0.717) is 39.2 Å². The average Bonchev–Trinajstić information content (AvgIpc) is 3.27. The lowest BCUT2D eigenvalue weighted by molar-refractivity contribution is 0.412. The van der Waals surface area contributed by atoms with Gasteiger partial charge in [-0.3, -0.25) is 9.36 Å². The number of hydrogen-bond acceptors (Lipinski definition) is 6. The summed E-state index contributed by atoms with van der Waals surface area (Å²) < 4.78 is 7.57. The average molecular weight is 442 g/mol. The molecule has 0 aliphatic carbocycles. The number of hydrogen-bond donors (Lipinski definition) is 1. The largest absolute Gasteiger partial charge is 0.495 e. The molecule has 0 aliphatic rings. The second-order valence-corrected chi connectivity index (χ2v) is 7.94. The van der Waals surface area contributed by atoms with Crippen LogP contribution < -0.4 is 10.3 Å². The van der Waals surface area contributed by atoms with Gasteiger partial charge in [0.25, 0.3) is 5.56 Å². The van der Waals surface area contributed by atoms with Gasteiger partial charge in [-0.15, -0.1) is 10.2 Å². The van der Waals surface area contributed by atoms with Crippen LogP contribution in [0.4, 0.5) is 0 Å². The van der Waals surface area contributed by atoms with Crippen LogP contribution in [0, 0.1) is 0 Å². The molecule has 0 saturated carbocycles. The quantitative estimate of drug-likeness (QED) is 0.391. The Morgan fingerprint density at radius 1 is 0.938 bits per heavy atom. The second-order valence-electron chi connectivity index (χ2n) is 7.00. The molecule has 0 unspecified atom stereocenters. The molecule has 2 heterocycles. The number of benzene rings is 3. The molecule has 7 nitrogen and oxygen atoms in total. The van der Waals surface area contributed by atoms with E-state index < -0.39 is 0 Å². The van der Waals surface area contributed by atoms with E-state index in [1.165, 1.54) is 11.8 Å². The van der Waals surface area contributed by atoms with Crippen molar-refractivity contribution in [1.29, 1.82) is 0 Å². The lowest BCUT2D eigenvalue weighted by Gasteiger charge is -2.13. The van der Waals surface area contributed by atoms with Crippen molar-refractivity contribution in [2.75, 3.05) is 7.11 Å². The van der Waals surface area contributed by atoms with Crippen molar-refractivity contribution >= 4 is 22.7 Å². The number of nitrogens with one attached hydrogen (secondary N) is 1. The van der Waals surface area contributed by atoms with E-state index >= 15 is 0 Å². The smallest absolute Gasteiger partial charge is 0.258 e. The molecule has 8 heteroatoms. The SMILES string of the molecule is COc1ccccc1-n1c(SCc2nc3ccccc3c(=O)[nH]2)nnc1-c1ccccc1. The summed E-state index contributed by atoms with van der Waals surface area (Å²) in [5, 5.41) is 10.2. The minimum atomic E-state index is -0.151. The Hall–Kier alpha value is -3.91. The Labute approximate surface area is 188 Å². The Kier molecular flexibility index (Phi) is 5.43. The van der Waals surface area contributed by atoms with Gasteiger partial charge in [0.15, 0.2) is 11.0 Å². The molecule has 0 saturated heterocycles. The lowest BCUT2D eigenvalue weighted by atomic mass is 10.2. The third kappa shape index (κ3) is 3.76. The van der Waals surface area contributed by atoms with Gasteiger partial charge in [0, 0.05) is 5.56 Å². The Morgan fingerprint density at radius 2 is 1.69 bits per heavy atom. The summed E-state index contributed by atoms with van der Waals surface area (Å²) in [6.07, 6.45) is 0. The molecular weight excluding hydrogens is 422 g/mol. The summed E-state index contributed by atoms with van der Waals surface area (Å²) >= 11 is 1.45. The molecular formula is C24H19N5O2S. The number of ether oxygens (including phenoxy) is 1. The highest BCUT2D eigenvalue weighted by atomic mass is 32.2. The van der Waals surface area contributed by atoms with E-state index in [-0.39, 0.29) is 5.56 Å². The first-order chi connectivity index (χ1) is 15.7. The molecule has 0 radical (unpaired) electrons. The molecule has 1 N–H and O–H groups in total. The molecule has 5 aromatic rings. The lowest BCUT2D eigenvalue weighted by Crippen LogP contribution is -2.11. The monoisotopic (exact) mass is 441 g/mol. The maximum atomic E-state index is 12.4. The molecule has 3 aromatic carbocycles. The predicted molar refractivity (Wildman–Crippen MR) is 125 cm³/mol. The highest BCUT2D eigenvalue weighted by Gasteiger charge is 2.19. The first-order valence-corrected chi connectivity index (χ1v) is 11.0. The van der Waals surface area contributed by atoms with Crippen LogP contribution in [0.3, 0.4) is 0 Å². The number of aromatic amines is 1. The fourth-order valence-corrected chi connectivity index (χ4v) is 4.32. The Bertz CT molecular complexity index is 1450. The number of nitrogens with zero attached hydrogens (tertiary/aromatic N) is 4. The van der Waals surface area contributed by atoms with Gasteiger partial charge in [-0.2, -0.15) is 0 Å². The number of aromatic nitrogens is 5. The van der Waals surface area contributed by atoms with Gasteiger partial charge in [0.05, 0.1) is 29.5 Å². The third-order valence-electron chi connectivity index (χ3n) is 4.99. The summed E-state index contributed by atoms with van der Waals surface area (Å²) in [5.41, 5.74) is 2.29. The molecule has 0 atom stereocenters. The molecule has 158 valence electrons. The van der Waals surface area contributed by atoms with Crippen LogP contribution in [-0.4, -0.2) is 31.8 Å². The van der Waals surface area contributed by atoms with Crippen LogP contribution in [0.5, 0.6) is 5.75 Å². The Balaban J connectivity index is 1.56. The maximum absolute atomic E-state index is 12.4. The minimum Gasteiger partial charge on any atom is -0.495 e. The van der Waals surface area contributed by atoms with Crippen LogP contribution in [-0.2, 0) is 5.75 Å². The zero-order valence-electron chi connectivity index (χ0n) is 17.2. The first-order valence-electron chi connectivity index (χ1n) is 9.99. The van der Waals surface area contributed by atoms with Gasteiger partial charge in [-0.25, -0.2) is 4.98 Å². The van der Waals surface area contributed by atoms with Gasteiger partial charge in [0.2, 0.25) is 0 Å². The van der Waals surface area contributed by atoms with E-state index in [4.69, 9.17) is 4.74 Å². The molecule has 0 aliphatic heterocycles. The van der Waals surface area contributed by atoms with E-state index in [2.05, 4.69) is 20.2 Å². The summed E-state index contributed by atoms with van der Waals surface area (Å²) in [6.45, 7) is 0. The first kappa shape index (κ1) is 20.0. The van der Waals surface area contributed by atoms with Crippen molar-refractivity contribution in [1.82, 2.24) is 24.7 Å². The van der Waals surface area contributed by atoms with Gasteiger partial charge in [-0.05, 0) is 24.3 Å². The highest BCUT2D eigenvalue weighted by Crippen LogP contribution is 2.33. The third-order valence-corrected chi connectivity index (χ3v) is 5.93. The van der Waals surface area contributed by atoms with E-state index in [1.54, 1.807) is 13.2 Å². The summed E-state index contributed by atoms with van der Waals surface area (Å²) in [4.78, 5) is 19.9. The molecule has 0 amide bonds. The molecule has 0 fully saturated rings.